The molecule has 0 atom stereocenters. The fourth-order valence-electron chi connectivity index (χ4n) is 2.33. The summed E-state index contributed by atoms with van der Waals surface area (Å²) in [4.78, 5) is 12.5. The van der Waals surface area contributed by atoms with Gasteiger partial charge in [0.1, 0.15) is 0 Å². The second-order valence-electron chi connectivity index (χ2n) is 6.15. The number of amides is 1. The first-order valence-electron chi connectivity index (χ1n) is 8.33. The van der Waals surface area contributed by atoms with Crippen molar-refractivity contribution < 1.29 is 17.9 Å². The molecule has 0 fully saturated rings. The van der Waals surface area contributed by atoms with Crippen LogP contribution in [0, 0.1) is 0 Å². The van der Waals surface area contributed by atoms with E-state index in [1.165, 1.54) is 31.4 Å². The Morgan fingerprint density at radius 2 is 1.81 bits per heavy atom. The van der Waals surface area contributed by atoms with Gasteiger partial charge in [-0.05, 0) is 47.9 Å². The van der Waals surface area contributed by atoms with Crippen molar-refractivity contribution in [2.75, 3.05) is 25.6 Å². The van der Waals surface area contributed by atoms with Gasteiger partial charge < -0.3 is 10.1 Å². The van der Waals surface area contributed by atoms with Crippen LogP contribution >= 0.6 is 0 Å². The van der Waals surface area contributed by atoms with Crippen LogP contribution in [0.4, 0.5) is 5.69 Å². The summed E-state index contributed by atoms with van der Waals surface area (Å²) in [5, 5.41) is 2.83. The van der Waals surface area contributed by atoms with Crippen molar-refractivity contribution >= 4 is 21.6 Å². The summed E-state index contributed by atoms with van der Waals surface area (Å²) in [6.45, 7) is 4.64. The van der Waals surface area contributed by atoms with Gasteiger partial charge in [0.15, 0.2) is 0 Å². The molecule has 140 valence electrons. The number of ether oxygens (including phenoxy) is 1. The monoisotopic (exact) mass is 376 g/mol. The van der Waals surface area contributed by atoms with Gasteiger partial charge in [0, 0.05) is 24.9 Å². The molecule has 0 aliphatic carbocycles. The quantitative estimate of drug-likeness (QED) is 0.694. The van der Waals surface area contributed by atoms with Crippen LogP contribution in [0.25, 0.3) is 0 Å². The summed E-state index contributed by atoms with van der Waals surface area (Å²) in [7, 11) is -2.11. The Bertz CT molecular complexity index is 846. The van der Waals surface area contributed by atoms with Gasteiger partial charge in [-0.1, -0.05) is 26.0 Å². The Morgan fingerprint density at radius 3 is 2.42 bits per heavy atom. The van der Waals surface area contributed by atoms with Gasteiger partial charge in [0.25, 0.3) is 5.91 Å². The normalized spacial score (nSPS) is 11.5. The van der Waals surface area contributed by atoms with Gasteiger partial charge in [-0.15, -0.1) is 0 Å². The largest absolute Gasteiger partial charge is 0.383 e. The molecule has 0 radical (unpaired) electrons. The summed E-state index contributed by atoms with van der Waals surface area (Å²) in [6, 6.07) is 13.5. The van der Waals surface area contributed by atoms with Crippen molar-refractivity contribution in [1.29, 1.82) is 0 Å². The zero-order valence-electron chi connectivity index (χ0n) is 15.2. The number of methoxy groups -OCH3 is 1. The number of sulfonamides is 1. The van der Waals surface area contributed by atoms with Crippen LogP contribution in [0.5, 0.6) is 0 Å². The first-order chi connectivity index (χ1) is 12.3. The summed E-state index contributed by atoms with van der Waals surface area (Å²) in [5.74, 6) is 0.0733. The van der Waals surface area contributed by atoms with Crippen molar-refractivity contribution in [2.45, 2.75) is 24.7 Å². The summed E-state index contributed by atoms with van der Waals surface area (Å²) in [6.07, 6.45) is 0. The summed E-state index contributed by atoms with van der Waals surface area (Å²) in [5.41, 5.74) is 2.22. The highest BCUT2D eigenvalue weighted by Crippen LogP contribution is 2.19. The number of nitrogens with one attached hydrogen (secondary N) is 2. The minimum Gasteiger partial charge on any atom is -0.383 e. The van der Waals surface area contributed by atoms with Gasteiger partial charge >= 0.3 is 0 Å². The molecule has 2 aromatic rings. The standard InChI is InChI=1S/C19H24N2O4S/c1-14(2)16-5-4-6-17(13-16)21-19(22)15-7-9-18(10-8-15)26(23,24)20-11-12-25-3/h4-10,13-14,20H,11-12H2,1-3H3,(H,21,22). The maximum atomic E-state index is 12.4. The van der Waals surface area contributed by atoms with E-state index in [1.807, 2.05) is 24.3 Å². The number of rotatable bonds is 8. The van der Waals surface area contributed by atoms with Crippen molar-refractivity contribution in [3.8, 4) is 0 Å². The number of hydrogen-bond acceptors (Lipinski definition) is 4. The number of anilines is 1. The molecule has 0 heterocycles. The van der Waals surface area contributed by atoms with E-state index in [9.17, 15) is 13.2 Å². The Kier molecular flexibility index (Phi) is 6.90. The predicted molar refractivity (Wildman–Crippen MR) is 102 cm³/mol. The van der Waals surface area contributed by atoms with Gasteiger partial charge in [-0.2, -0.15) is 0 Å². The van der Waals surface area contributed by atoms with Crippen molar-refractivity contribution in [3.63, 3.8) is 0 Å². The molecular formula is C19H24N2O4S. The second-order valence-corrected chi connectivity index (χ2v) is 7.92. The van der Waals surface area contributed by atoms with Crippen LogP contribution in [0.15, 0.2) is 53.4 Å². The highest BCUT2D eigenvalue weighted by Gasteiger charge is 2.14. The molecular weight excluding hydrogens is 352 g/mol. The van der Waals surface area contributed by atoms with Gasteiger partial charge in [0.05, 0.1) is 11.5 Å². The number of hydrogen-bond donors (Lipinski definition) is 2. The average molecular weight is 376 g/mol. The third kappa shape index (κ3) is 5.39. The molecule has 2 aromatic carbocycles. The first kappa shape index (κ1) is 20.1. The van der Waals surface area contributed by atoms with Crippen LogP contribution in [-0.2, 0) is 14.8 Å². The van der Waals surface area contributed by atoms with Gasteiger partial charge in [-0.3, -0.25) is 4.79 Å². The lowest BCUT2D eigenvalue weighted by molar-refractivity contribution is 0.102. The highest BCUT2D eigenvalue weighted by atomic mass is 32.2. The fourth-order valence-corrected chi connectivity index (χ4v) is 3.34. The molecule has 7 heteroatoms. The Labute approximate surface area is 154 Å². The number of benzene rings is 2. The van der Waals surface area contributed by atoms with E-state index in [1.54, 1.807) is 0 Å². The topological polar surface area (TPSA) is 84.5 Å². The smallest absolute Gasteiger partial charge is 0.255 e. The molecule has 2 rings (SSSR count). The molecule has 0 bridgehead atoms. The van der Waals surface area contributed by atoms with E-state index in [0.717, 1.165) is 5.56 Å². The molecule has 0 saturated heterocycles. The molecule has 0 aliphatic rings. The SMILES string of the molecule is COCCNS(=O)(=O)c1ccc(C(=O)Nc2cccc(C(C)C)c2)cc1. The molecule has 0 saturated carbocycles. The molecule has 1 amide bonds. The maximum Gasteiger partial charge on any atom is 0.255 e. The van der Waals surface area contributed by atoms with Gasteiger partial charge in [-0.25, -0.2) is 13.1 Å². The van der Waals surface area contributed by atoms with E-state index < -0.39 is 10.0 Å². The highest BCUT2D eigenvalue weighted by molar-refractivity contribution is 7.89. The Morgan fingerprint density at radius 1 is 1.12 bits per heavy atom. The van der Waals surface area contributed by atoms with E-state index in [4.69, 9.17) is 4.74 Å². The van der Waals surface area contributed by atoms with Crippen molar-refractivity contribution in [2.24, 2.45) is 0 Å². The van der Waals surface area contributed by atoms with Crippen molar-refractivity contribution in [1.82, 2.24) is 4.72 Å². The lowest BCUT2D eigenvalue weighted by atomic mass is 10.0. The number of carbonyl (C=O) groups excluding carboxylic acids is 1. The zero-order valence-corrected chi connectivity index (χ0v) is 16.0. The lowest BCUT2D eigenvalue weighted by Crippen LogP contribution is -2.27. The molecule has 0 aromatic heterocycles. The molecule has 0 aliphatic heterocycles. The number of carbonyl (C=O) groups is 1. The van der Waals surface area contributed by atoms with E-state index in [2.05, 4.69) is 23.9 Å². The summed E-state index contributed by atoms with van der Waals surface area (Å²) < 4.78 is 31.5. The molecule has 2 N–H and O–H groups in total. The van der Waals surface area contributed by atoms with Crippen molar-refractivity contribution in [3.05, 3.63) is 59.7 Å². The fraction of sp³-hybridized carbons (Fsp3) is 0.316. The maximum absolute atomic E-state index is 12.4. The molecule has 6 nitrogen and oxygen atoms in total. The minimum atomic E-state index is -3.61. The van der Waals surface area contributed by atoms with Crippen LogP contribution in [-0.4, -0.2) is 34.6 Å². The molecule has 26 heavy (non-hydrogen) atoms. The predicted octanol–water partition coefficient (Wildman–Crippen LogP) is 2.99. The third-order valence-corrected chi connectivity index (χ3v) is 5.31. The van der Waals surface area contributed by atoms with E-state index in [0.29, 0.717) is 17.2 Å². The molecule has 0 unspecified atom stereocenters. The second kappa shape index (κ2) is 8.93. The van der Waals surface area contributed by atoms with E-state index >= 15 is 0 Å². The van der Waals surface area contributed by atoms with Crippen LogP contribution in [0.1, 0.15) is 35.7 Å². The van der Waals surface area contributed by atoms with E-state index in [-0.39, 0.29) is 24.0 Å². The van der Waals surface area contributed by atoms with Crippen LogP contribution < -0.4 is 10.0 Å². The Hall–Kier alpha value is -2.22. The Balaban J connectivity index is 2.08. The van der Waals surface area contributed by atoms with Crippen LogP contribution in [0.2, 0.25) is 0 Å². The third-order valence-electron chi connectivity index (χ3n) is 3.84. The average Bonchev–Trinajstić information content (AvgIpc) is 2.62. The summed E-state index contributed by atoms with van der Waals surface area (Å²) >= 11 is 0. The zero-order chi connectivity index (χ0) is 19.2. The van der Waals surface area contributed by atoms with Crippen LogP contribution in [0.3, 0.4) is 0 Å². The first-order valence-corrected chi connectivity index (χ1v) is 9.82. The minimum absolute atomic E-state index is 0.104. The van der Waals surface area contributed by atoms with Gasteiger partial charge in [0.2, 0.25) is 10.0 Å². The lowest BCUT2D eigenvalue weighted by Gasteiger charge is -2.10. The molecule has 0 spiro atoms.